The maximum Gasteiger partial charge on any atom is 1.00 e. The molecule has 0 rings (SSSR count). The molecular formula is C23H46NNaO3. The van der Waals surface area contributed by atoms with E-state index in [4.69, 9.17) is 5.11 Å². The molecule has 0 aliphatic carbocycles. The van der Waals surface area contributed by atoms with E-state index in [0.717, 1.165) is 12.8 Å². The van der Waals surface area contributed by atoms with Crippen molar-refractivity contribution in [2.75, 3.05) is 13.6 Å². The van der Waals surface area contributed by atoms with Crippen molar-refractivity contribution in [1.29, 1.82) is 0 Å². The standard InChI is InChI=1S/C23H45NO3.Na.H/c1-3-4-5-6-7-8-9-10-11-12-13-14-15-16-17-18-19-20-22(25)24(2)21-23(26)27;;/h3-21H2,1-2H3,(H,26,27);;/q;+1;-1. The normalized spacial score (nSPS) is 10.5. The molecule has 4 nitrogen and oxygen atoms in total. The van der Waals surface area contributed by atoms with Crippen LogP contribution in [0.1, 0.15) is 124 Å². The number of carbonyl (C=O) groups excluding carboxylic acids is 1. The average Bonchev–Trinajstić information content (AvgIpc) is 2.63. The number of unbranched alkanes of at least 4 members (excludes halogenated alkanes) is 16. The zero-order chi connectivity index (χ0) is 20.2. The fourth-order valence-electron chi connectivity index (χ4n) is 3.48. The molecule has 0 bridgehead atoms. The Balaban J connectivity index is -0.00000338. The third kappa shape index (κ3) is 22.2. The van der Waals surface area contributed by atoms with E-state index < -0.39 is 5.97 Å². The molecule has 1 amide bonds. The van der Waals surface area contributed by atoms with E-state index in [0.29, 0.717) is 6.42 Å². The van der Waals surface area contributed by atoms with Crippen LogP contribution < -0.4 is 29.6 Å². The van der Waals surface area contributed by atoms with Gasteiger partial charge in [-0.15, -0.1) is 0 Å². The summed E-state index contributed by atoms with van der Waals surface area (Å²) in [7, 11) is 1.56. The van der Waals surface area contributed by atoms with Gasteiger partial charge in [0.1, 0.15) is 6.54 Å². The summed E-state index contributed by atoms with van der Waals surface area (Å²) >= 11 is 0. The van der Waals surface area contributed by atoms with Gasteiger partial charge in [0.25, 0.3) is 0 Å². The van der Waals surface area contributed by atoms with Crippen LogP contribution in [-0.4, -0.2) is 35.5 Å². The van der Waals surface area contributed by atoms with Crippen molar-refractivity contribution in [3.63, 3.8) is 0 Å². The van der Waals surface area contributed by atoms with Gasteiger partial charge in [-0.05, 0) is 6.42 Å². The Morgan fingerprint density at radius 2 is 1.00 bits per heavy atom. The first-order valence-corrected chi connectivity index (χ1v) is 11.5. The third-order valence-electron chi connectivity index (χ3n) is 5.29. The molecule has 0 atom stereocenters. The molecule has 0 aromatic carbocycles. The van der Waals surface area contributed by atoms with Crippen LogP contribution in [0.4, 0.5) is 0 Å². The van der Waals surface area contributed by atoms with Crippen LogP contribution in [0.5, 0.6) is 0 Å². The predicted octanol–water partition coefficient (Wildman–Crippen LogP) is 3.69. The Morgan fingerprint density at radius 3 is 1.32 bits per heavy atom. The Bertz CT molecular complexity index is 370. The van der Waals surface area contributed by atoms with Gasteiger partial charge in [0.15, 0.2) is 0 Å². The number of likely N-dealkylation sites (N-methyl/N-ethyl adjacent to an activating group) is 1. The minimum Gasteiger partial charge on any atom is -1.00 e. The molecule has 0 aromatic rings. The van der Waals surface area contributed by atoms with Crippen LogP contribution in [-0.2, 0) is 9.59 Å². The summed E-state index contributed by atoms with van der Waals surface area (Å²) in [6.45, 7) is 2.08. The third-order valence-corrected chi connectivity index (χ3v) is 5.29. The number of nitrogens with zero attached hydrogens (tertiary/aromatic N) is 1. The second-order valence-electron chi connectivity index (χ2n) is 8.05. The van der Waals surface area contributed by atoms with Gasteiger partial charge in [-0.1, -0.05) is 110 Å². The van der Waals surface area contributed by atoms with Crippen LogP contribution in [0.25, 0.3) is 0 Å². The van der Waals surface area contributed by atoms with E-state index in [1.165, 1.54) is 101 Å². The Morgan fingerprint density at radius 1 is 0.679 bits per heavy atom. The molecule has 0 unspecified atom stereocenters. The van der Waals surface area contributed by atoms with E-state index >= 15 is 0 Å². The first-order chi connectivity index (χ1) is 13.1. The zero-order valence-corrected chi connectivity index (χ0v) is 21.1. The minimum atomic E-state index is -0.951. The number of aliphatic carboxylic acids is 1. The van der Waals surface area contributed by atoms with Gasteiger partial charge in [-0.3, -0.25) is 9.59 Å². The van der Waals surface area contributed by atoms with Crippen molar-refractivity contribution in [1.82, 2.24) is 4.90 Å². The summed E-state index contributed by atoms with van der Waals surface area (Å²) < 4.78 is 0. The van der Waals surface area contributed by atoms with Crippen LogP contribution in [0.2, 0.25) is 0 Å². The van der Waals surface area contributed by atoms with E-state index in [9.17, 15) is 9.59 Å². The van der Waals surface area contributed by atoms with Gasteiger partial charge in [0.2, 0.25) is 5.91 Å². The van der Waals surface area contributed by atoms with E-state index in [2.05, 4.69) is 6.92 Å². The molecule has 0 saturated heterocycles. The second kappa shape index (κ2) is 23.2. The van der Waals surface area contributed by atoms with Crippen molar-refractivity contribution < 1.29 is 45.7 Å². The zero-order valence-electron chi connectivity index (χ0n) is 20.1. The number of hydrogen-bond donors (Lipinski definition) is 1. The van der Waals surface area contributed by atoms with E-state index in [1.807, 2.05) is 0 Å². The first-order valence-electron chi connectivity index (χ1n) is 11.5. The van der Waals surface area contributed by atoms with Gasteiger partial charge in [-0.25, -0.2) is 0 Å². The number of rotatable bonds is 20. The number of carbonyl (C=O) groups is 2. The average molecular weight is 408 g/mol. The van der Waals surface area contributed by atoms with Gasteiger partial charge in [-0.2, -0.15) is 0 Å². The molecule has 5 heteroatoms. The molecule has 0 spiro atoms. The van der Waals surface area contributed by atoms with Gasteiger partial charge in [0, 0.05) is 13.5 Å². The van der Waals surface area contributed by atoms with Crippen molar-refractivity contribution in [2.45, 2.75) is 122 Å². The summed E-state index contributed by atoms with van der Waals surface area (Å²) in [5.41, 5.74) is 0. The SMILES string of the molecule is CCCCCCCCCCCCCCCCCCCC(=O)N(C)CC(=O)O.[H-].[Na+]. The van der Waals surface area contributed by atoms with Gasteiger partial charge in [0.05, 0.1) is 0 Å². The number of amides is 1. The molecular weight excluding hydrogens is 361 g/mol. The topological polar surface area (TPSA) is 57.6 Å². The summed E-state index contributed by atoms with van der Waals surface area (Å²) in [5.74, 6) is -1.01. The molecule has 0 aliphatic rings. The molecule has 28 heavy (non-hydrogen) atoms. The van der Waals surface area contributed by atoms with Crippen LogP contribution in [0.15, 0.2) is 0 Å². The quantitative estimate of drug-likeness (QED) is 0.247. The summed E-state index contributed by atoms with van der Waals surface area (Å²) in [6, 6.07) is 0. The Hall–Kier alpha value is -0.0600. The van der Waals surface area contributed by atoms with Crippen LogP contribution in [0.3, 0.4) is 0 Å². The molecule has 0 heterocycles. The molecule has 0 aromatic heterocycles. The van der Waals surface area contributed by atoms with Crippen LogP contribution in [0, 0.1) is 0 Å². The molecule has 1 N–H and O–H groups in total. The van der Waals surface area contributed by atoms with E-state index in [-0.39, 0.29) is 43.4 Å². The fourth-order valence-corrected chi connectivity index (χ4v) is 3.48. The van der Waals surface area contributed by atoms with Crippen molar-refractivity contribution >= 4 is 11.9 Å². The maximum absolute atomic E-state index is 11.7. The van der Waals surface area contributed by atoms with Crippen molar-refractivity contribution in [3.8, 4) is 0 Å². The predicted molar refractivity (Wildman–Crippen MR) is 115 cm³/mol. The van der Waals surface area contributed by atoms with Gasteiger partial charge < -0.3 is 11.4 Å². The largest absolute Gasteiger partial charge is 1.00 e. The smallest absolute Gasteiger partial charge is 1.00 e. The van der Waals surface area contributed by atoms with Crippen LogP contribution >= 0.6 is 0 Å². The molecule has 162 valence electrons. The Labute approximate surface area is 198 Å². The maximum atomic E-state index is 11.7. The van der Waals surface area contributed by atoms with E-state index in [1.54, 1.807) is 7.05 Å². The molecule has 0 aliphatic heterocycles. The van der Waals surface area contributed by atoms with Crippen molar-refractivity contribution in [3.05, 3.63) is 0 Å². The number of hydrogen-bond acceptors (Lipinski definition) is 2. The molecule has 0 fully saturated rings. The number of carboxylic acid groups (broad SMARTS) is 1. The first kappa shape index (κ1) is 30.1. The fraction of sp³-hybridized carbons (Fsp3) is 0.913. The summed E-state index contributed by atoms with van der Waals surface area (Å²) in [6.07, 6.45) is 23.0. The molecule has 0 radical (unpaired) electrons. The summed E-state index contributed by atoms with van der Waals surface area (Å²) in [4.78, 5) is 23.6. The monoisotopic (exact) mass is 407 g/mol. The summed E-state index contributed by atoms with van der Waals surface area (Å²) in [5, 5.41) is 8.66. The van der Waals surface area contributed by atoms with Crippen molar-refractivity contribution in [2.24, 2.45) is 0 Å². The second-order valence-corrected chi connectivity index (χ2v) is 8.05. The number of carboxylic acids is 1. The van der Waals surface area contributed by atoms with Gasteiger partial charge >= 0.3 is 35.5 Å². The Kier molecular flexibility index (Phi) is 25.0. The molecule has 0 saturated carbocycles. The minimum absolute atomic E-state index is 0.